The zero-order valence-electron chi connectivity index (χ0n) is 8.37. The molecule has 0 saturated carbocycles. The molecule has 2 N–H and O–H groups in total. The first-order valence-electron chi connectivity index (χ1n) is 5.04. The second kappa shape index (κ2) is 4.96. The highest BCUT2D eigenvalue weighted by atomic mass is 79.9. The van der Waals surface area contributed by atoms with Crippen LogP contribution in [-0.2, 0) is 11.3 Å². The van der Waals surface area contributed by atoms with Crippen molar-refractivity contribution >= 4 is 21.6 Å². The van der Waals surface area contributed by atoms with E-state index in [1.807, 2.05) is 18.2 Å². The predicted octanol–water partition coefficient (Wildman–Crippen LogP) is 2.14. The molecule has 2 rings (SSSR count). The molecule has 1 saturated heterocycles. The smallest absolute Gasteiger partial charge is 0.0713 e. The second-order valence-corrected chi connectivity index (χ2v) is 4.48. The standard InChI is InChI=1S/C11H14BrNO2/c12-10-2-1-3-11(9(10)6-14)13-8-4-5-15-7-8/h1-3,8,13-14H,4-7H2. The summed E-state index contributed by atoms with van der Waals surface area (Å²) in [6.07, 6.45) is 1.03. The Morgan fingerprint density at radius 3 is 3.07 bits per heavy atom. The van der Waals surface area contributed by atoms with Crippen molar-refractivity contribution in [1.82, 2.24) is 0 Å². The van der Waals surface area contributed by atoms with E-state index in [9.17, 15) is 5.11 Å². The van der Waals surface area contributed by atoms with Crippen LogP contribution in [0.15, 0.2) is 22.7 Å². The van der Waals surface area contributed by atoms with Crippen molar-refractivity contribution < 1.29 is 9.84 Å². The molecule has 0 bridgehead atoms. The fraction of sp³-hybridized carbons (Fsp3) is 0.455. The Bertz CT molecular complexity index is 337. The van der Waals surface area contributed by atoms with Gasteiger partial charge < -0.3 is 15.2 Å². The molecular weight excluding hydrogens is 258 g/mol. The predicted molar refractivity (Wildman–Crippen MR) is 62.9 cm³/mol. The van der Waals surface area contributed by atoms with E-state index in [1.54, 1.807) is 0 Å². The van der Waals surface area contributed by atoms with Crippen molar-refractivity contribution in [2.75, 3.05) is 18.5 Å². The Morgan fingerprint density at radius 1 is 1.53 bits per heavy atom. The Kier molecular flexibility index (Phi) is 3.61. The minimum Gasteiger partial charge on any atom is -0.392 e. The fourth-order valence-electron chi connectivity index (χ4n) is 1.72. The van der Waals surface area contributed by atoms with E-state index >= 15 is 0 Å². The molecule has 1 aliphatic heterocycles. The number of hydrogen-bond donors (Lipinski definition) is 2. The summed E-state index contributed by atoms with van der Waals surface area (Å²) in [4.78, 5) is 0. The summed E-state index contributed by atoms with van der Waals surface area (Å²) >= 11 is 3.43. The maximum atomic E-state index is 9.27. The third-order valence-corrected chi connectivity index (χ3v) is 3.31. The van der Waals surface area contributed by atoms with Gasteiger partial charge in [0.05, 0.1) is 19.3 Å². The topological polar surface area (TPSA) is 41.5 Å². The van der Waals surface area contributed by atoms with Crippen LogP contribution in [-0.4, -0.2) is 24.4 Å². The summed E-state index contributed by atoms with van der Waals surface area (Å²) in [6.45, 7) is 1.61. The first-order chi connectivity index (χ1) is 7.31. The molecule has 0 aromatic heterocycles. The monoisotopic (exact) mass is 271 g/mol. The molecule has 82 valence electrons. The Morgan fingerprint density at radius 2 is 2.40 bits per heavy atom. The van der Waals surface area contributed by atoms with E-state index in [0.717, 1.165) is 35.4 Å². The molecule has 1 fully saturated rings. The highest BCUT2D eigenvalue weighted by Crippen LogP contribution is 2.26. The maximum absolute atomic E-state index is 9.27. The van der Waals surface area contributed by atoms with Crippen LogP contribution < -0.4 is 5.32 Å². The highest BCUT2D eigenvalue weighted by molar-refractivity contribution is 9.10. The summed E-state index contributed by atoms with van der Waals surface area (Å²) in [6, 6.07) is 6.24. The van der Waals surface area contributed by atoms with Gasteiger partial charge >= 0.3 is 0 Å². The second-order valence-electron chi connectivity index (χ2n) is 3.63. The number of benzene rings is 1. The van der Waals surface area contributed by atoms with Gasteiger partial charge in [-0.3, -0.25) is 0 Å². The van der Waals surface area contributed by atoms with Crippen LogP contribution in [0.4, 0.5) is 5.69 Å². The maximum Gasteiger partial charge on any atom is 0.0713 e. The third kappa shape index (κ3) is 2.51. The van der Waals surface area contributed by atoms with Crippen molar-refractivity contribution in [3.8, 4) is 0 Å². The number of aliphatic hydroxyl groups is 1. The molecule has 0 spiro atoms. The minimum absolute atomic E-state index is 0.0390. The van der Waals surface area contributed by atoms with Crippen molar-refractivity contribution in [3.63, 3.8) is 0 Å². The summed E-state index contributed by atoms with van der Waals surface area (Å²) < 4.78 is 6.24. The summed E-state index contributed by atoms with van der Waals surface area (Å²) in [5.41, 5.74) is 1.90. The number of nitrogens with one attached hydrogen (secondary N) is 1. The van der Waals surface area contributed by atoms with Crippen molar-refractivity contribution in [2.45, 2.75) is 19.1 Å². The average Bonchev–Trinajstić information content (AvgIpc) is 2.71. The Hall–Kier alpha value is -0.580. The van der Waals surface area contributed by atoms with Gasteiger partial charge in [-0.1, -0.05) is 22.0 Å². The number of anilines is 1. The van der Waals surface area contributed by atoms with Crippen molar-refractivity contribution in [1.29, 1.82) is 0 Å². The molecule has 0 radical (unpaired) electrons. The first-order valence-corrected chi connectivity index (χ1v) is 5.83. The highest BCUT2D eigenvalue weighted by Gasteiger charge is 2.16. The molecule has 1 aromatic carbocycles. The van der Waals surface area contributed by atoms with Crippen LogP contribution in [0.25, 0.3) is 0 Å². The van der Waals surface area contributed by atoms with Gasteiger partial charge in [0.1, 0.15) is 0 Å². The number of halogens is 1. The number of rotatable bonds is 3. The lowest BCUT2D eigenvalue weighted by molar-refractivity contribution is 0.195. The van der Waals surface area contributed by atoms with Crippen molar-refractivity contribution in [2.24, 2.45) is 0 Å². The van der Waals surface area contributed by atoms with Gasteiger partial charge in [-0.25, -0.2) is 0 Å². The Balaban J connectivity index is 2.15. The largest absolute Gasteiger partial charge is 0.392 e. The van der Waals surface area contributed by atoms with Crippen LogP contribution in [0.3, 0.4) is 0 Å². The molecule has 0 aliphatic carbocycles. The van der Waals surface area contributed by atoms with Gasteiger partial charge in [0.25, 0.3) is 0 Å². The quantitative estimate of drug-likeness (QED) is 0.885. The lowest BCUT2D eigenvalue weighted by atomic mass is 10.1. The summed E-state index contributed by atoms with van der Waals surface area (Å²) in [5, 5.41) is 12.7. The first kappa shape index (κ1) is 10.9. The van der Waals surface area contributed by atoms with Gasteiger partial charge in [0.15, 0.2) is 0 Å². The summed E-state index contributed by atoms with van der Waals surface area (Å²) in [5.74, 6) is 0. The van der Waals surface area contributed by atoms with Crippen LogP contribution in [0.1, 0.15) is 12.0 Å². The van der Waals surface area contributed by atoms with E-state index in [-0.39, 0.29) is 6.61 Å². The van der Waals surface area contributed by atoms with Crippen LogP contribution in [0.2, 0.25) is 0 Å². The Labute approximate surface area is 97.6 Å². The number of hydrogen-bond acceptors (Lipinski definition) is 3. The molecule has 1 aliphatic rings. The molecule has 3 nitrogen and oxygen atoms in total. The molecule has 15 heavy (non-hydrogen) atoms. The van der Waals surface area contributed by atoms with E-state index in [2.05, 4.69) is 21.2 Å². The molecule has 1 unspecified atom stereocenters. The van der Waals surface area contributed by atoms with Crippen molar-refractivity contribution in [3.05, 3.63) is 28.2 Å². The SMILES string of the molecule is OCc1c(Br)cccc1NC1CCOC1. The van der Waals surface area contributed by atoms with E-state index < -0.39 is 0 Å². The lowest BCUT2D eigenvalue weighted by Gasteiger charge is -2.16. The van der Waals surface area contributed by atoms with Crippen LogP contribution >= 0.6 is 15.9 Å². The van der Waals surface area contributed by atoms with Gasteiger partial charge in [-0.2, -0.15) is 0 Å². The third-order valence-electron chi connectivity index (χ3n) is 2.57. The minimum atomic E-state index is 0.0390. The zero-order valence-corrected chi connectivity index (χ0v) is 9.96. The molecule has 1 aromatic rings. The van der Waals surface area contributed by atoms with E-state index in [4.69, 9.17) is 4.74 Å². The van der Waals surface area contributed by atoms with Crippen LogP contribution in [0, 0.1) is 0 Å². The average molecular weight is 272 g/mol. The van der Waals surface area contributed by atoms with Crippen LogP contribution in [0.5, 0.6) is 0 Å². The number of ether oxygens (including phenoxy) is 1. The zero-order chi connectivity index (χ0) is 10.7. The molecule has 4 heteroatoms. The number of aliphatic hydroxyl groups excluding tert-OH is 1. The molecule has 1 atom stereocenters. The summed E-state index contributed by atoms with van der Waals surface area (Å²) in [7, 11) is 0. The lowest BCUT2D eigenvalue weighted by Crippen LogP contribution is -2.19. The van der Waals surface area contributed by atoms with Gasteiger partial charge in [0.2, 0.25) is 0 Å². The normalized spacial score (nSPS) is 20.5. The van der Waals surface area contributed by atoms with Gasteiger partial charge in [0, 0.05) is 22.3 Å². The van der Waals surface area contributed by atoms with E-state index in [0.29, 0.717) is 6.04 Å². The van der Waals surface area contributed by atoms with Gasteiger partial charge in [-0.15, -0.1) is 0 Å². The van der Waals surface area contributed by atoms with E-state index in [1.165, 1.54) is 0 Å². The van der Waals surface area contributed by atoms with Gasteiger partial charge in [-0.05, 0) is 18.6 Å². The molecular formula is C11H14BrNO2. The molecule has 1 heterocycles. The molecule has 0 amide bonds. The fourth-order valence-corrected chi connectivity index (χ4v) is 2.21.